The molecule has 1 rings (SSSR count). The van der Waals surface area contributed by atoms with Gasteiger partial charge < -0.3 is 10.5 Å². The number of hydrogen-bond acceptors (Lipinski definition) is 3. The molecule has 0 spiro atoms. The summed E-state index contributed by atoms with van der Waals surface area (Å²) >= 11 is 3.26. The molecule has 0 aromatic carbocycles. The molecule has 0 aromatic heterocycles. The second-order valence-electron chi connectivity index (χ2n) is 2.43. The number of carbonyl (C=O) groups is 1. The lowest BCUT2D eigenvalue weighted by Crippen LogP contribution is -2.08. The van der Waals surface area contributed by atoms with Gasteiger partial charge in [0.25, 0.3) is 0 Å². The van der Waals surface area contributed by atoms with Gasteiger partial charge >= 0.3 is 5.97 Å². The Hall–Kier alpha value is -1.03. The summed E-state index contributed by atoms with van der Waals surface area (Å²) in [6.45, 7) is 2.13. The van der Waals surface area contributed by atoms with Crippen LogP contribution >= 0.6 is 15.9 Å². The first kappa shape index (κ1) is 10.1. The molecule has 0 aromatic rings. The Kier molecular flexibility index (Phi) is 3.31. The first-order chi connectivity index (χ1) is 6.19. The highest BCUT2D eigenvalue weighted by Gasteiger charge is 2.18. The lowest BCUT2D eigenvalue weighted by atomic mass is 10.1. The largest absolute Gasteiger partial charge is 0.462 e. The first-order valence-corrected chi connectivity index (χ1v) is 4.66. The summed E-state index contributed by atoms with van der Waals surface area (Å²) in [5.74, 6) is -0.343. The number of nitrogens with two attached hydrogens (primary N) is 1. The third-order valence-electron chi connectivity index (χ3n) is 1.56. The molecule has 3 nitrogen and oxygen atoms in total. The van der Waals surface area contributed by atoms with Gasteiger partial charge in [-0.1, -0.05) is 15.9 Å². The lowest BCUT2D eigenvalue weighted by Gasteiger charge is -2.02. The molecule has 70 valence electrons. The van der Waals surface area contributed by atoms with E-state index >= 15 is 0 Å². The van der Waals surface area contributed by atoms with Crippen molar-refractivity contribution in [2.75, 3.05) is 6.61 Å². The van der Waals surface area contributed by atoms with Crippen molar-refractivity contribution in [3.8, 4) is 0 Å². The normalized spacial score (nSPS) is 18.5. The van der Waals surface area contributed by atoms with E-state index < -0.39 is 0 Å². The molecule has 13 heavy (non-hydrogen) atoms. The summed E-state index contributed by atoms with van der Waals surface area (Å²) in [5, 5.41) is 0. The fourth-order valence-electron chi connectivity index (χ4n) is 1.01. The van der Waals surface area contributed by atoms with Crippen molar-refractivity contribution >= 4 is 21.9 Å². The van der Waals surface area contributed by atoms with E-state index in [2.05, 4.69) is 15.9 Å². The SMILES string of the molecule is CCOC(=O)C1=CC(Br)=C/C1=C\N. The van der Waals surface area contributed by atoms with Crippen molar-refractivity contribution < 1.29 is 9.53 Å². The Labute approximate surface area is 85.1 Å². The van der Waals surface area contributed by atoms with Gasteiger partial charge in [0.2, 0.25) is 0 Å². The molecule has 0 amide bonds. The highest BCUT2D eigenvalue weighted by molar-refractivity contribution is 9.11. The number of rotatable bonds is 2. The van der Waals surface area contributed by atoms with Crippen LogP contribution in [0.3, 0.4) is 0 Å². The third-order valence-corrected chi connectivity index (χ3v) is 2.02. The average molecular weight is 244 g/mol. The van der Waals surface area contributed by atoms with E-state index in [1.165, 1.54) is 6.20 Å². The van der Waals surface area contributed by atoms with Crippen molar-refractivity contribution in [2.45, 2.75) is 6.92 Å². The summed E-state index contributed by atoms with van der Waals surface area (Å²) in [7, 11) is 0. The summed E-state index contributed by atoms with van der Waals surface area (Å²) in [6, 6.07) is 0. The molecular formula is C9H10BrNO2. The van der Waals surface area contributed by atoms with Crippen LogP contribution in [0.2, 0.25) is 0 Å². The quantitative estimate of drug-likeness (QED) is 0.751. The number of ether oxygens (including phenoxy) is 1. The van der Waals surface area contributed by atoms with Crippen molar-refractivity contribution in [3.05, 3.63) is 34.0 Å². The maximum Gasteiger partial charge on any atom is 0.338 e. The number of esters is 1. The highest BCUT2D eigenvalue weighted by Crippen LogP contribution is 2.27. The van der Waals surface area contributed by atoms with Gasteiger partial charge in [-0.3, -0.25) is 0 Å². The number of carbonyl (C=O) groups excluding carboxylic acids is 1. The van der Waals surface area contributed by atoms with Crippen LogP contribution in [0.5, 0.6) is 0 Å². The predicted molar refractivity (Wildman–Crippen MR) is 54.0 cm³/mol. The topological polar surface area (TPSA) is 52.3 Å². The molecule has 0 aliphatic heterocycles. The Bertz CT molecular complexity index is 316. The molecule has 0 saturated heterocycles. The maximum atomic E-state index is 11.3. The van der Waals surface area contributed by atoms with Gasteiger partial charge in [-0.25, -0.2) is 4.79 Å². The van der Waals surface area contributed by atoms with Crippen LogP contribution in [0.15, 0.2) is 34.0 Å². The van der Waals surface area contributed by atoms with E-state index in [1.807, 2.05) is 0 Å². The van der Waals surface area contributed by atoms with Crippen molar-refractivity contribution in [1.82, 2.24) is 0 Å². The van der Waals surface area contributed by atoms with Crippen molar-refractivity contribution in [1.29, 1.82) is 0 Å². The smallest absolute Gasteiger partial charge is 0.338 e. The molecule has 1 aliphatic rings. The van der Waals surface area contributed by atoms with E-state index in [1.54, 1.807) is 19.1 Å². The van der Waals surface area contributed by atoms with Gasteiger partial charge in [0.15, 0.2) is 0 Å². The van der Waals surface area contributed by atoms with E-state index in [-0.39, 0.29) is 5.97 Å². The van der Waals surface area contributed by atoms with Crippen LogP contribution in [-0.4, -0.2) is 12.6 Å². The van der Waals surface area contributed by atoms with Crippen LogP contribution in [0.1, 0.15) is 6.92 Å². The molecule has 4 heteroatoms. The first-order valence-electron chi connectivity index (χ1n) is 3.87. The fourth-order valence-corrected chi connectivity index (χ4v) is 1.49. The second kappa shape index (κ2) is 4.28. The highest BCUT2D eigenvalue weighted by atomic mass is 79.9. The molecule has 0 heterocycles. The molecule has 1 aliphatic carbocycles. The fraction of sp³-hybridized carbons (Fsp3) is 0.222. The van der Waals surface area contributed by atoms with Gasteiger partial charge in [0.1, 0.15) is 0 Å². The molecule has 0 radical (unpaired) electrons. The van der Waals surface area contributed by atoms with Crippen LogP contribution in [-0.2, 0) is 9.53 Å². The van der Waals surface area contributed by atoms with Crippen LogP contribution in [0.25, 0.3) is 0 Å². The molecule has 0 bridgehead atoms. The van der Waals surface area contributed by atoms with E-state index in [0.29, 0.717) is 17.8 Å². The van der Waals surface area contributed by atoms with E-state index in [4.69, 9.17) is 10.5 Å². The zero-order valence-corrected chi connectivity index (χ0v) is 8.80. The Morgan fingerprint density at radius 3 is 2.92 bits per heavy atom. The Balaban J connectivity index is 2.84. The van der Waals surface area contributed by atoms with Gasteiger partial charge in [0.05, 0.1) is 12.2 Å². The van der Waals surface area contributed by atoms with E-state index in [0.717, 1.165) is 4.48 Å². The minimum atomic E-state index is -0.343. The second-order valence-corrected chi connectivity index (χ2v) is 3.35. The van der Waals surface area contributed by atoms with Crippen LogP contribution in [0.4, 0.5) is 0 Å². The number of allylic oxidation sites excluding steroid dienone is 3. The summed E-state index contributed by atoms with van der Waals surface area (Å²) in [5.41, 5.74) is 6.53. The Morgan fingerprint density at radius 2 is 2.38 bits per heavy atom. The monoisotopic (exact) mass is 243 g/mol. The van der Waals surface area contributed by atoms with Crippen molar-refractivity contribution in [2.24, 2.45) is 5.73 Å². The van der Waals surface area contributed by atoms with Crippen molar-refractivity contribution in [3.63, 3.8) is 0 Å². The average Bonchev–Trinajstić information content (AvgIpc) is 2.47. The predicted octanol–water partition coefficient (Wildman–Crippen LogP) is 1.61. The number of halogens is 1. The summed E-state index contributed by atoms with van der Waals surface area (Å²) in [4.78, 5) is 11.3. The molecule has 0 saturated carbocycles. The molecule has 2 N–H and O–H groups in total. The minimum Gasteiger partial charge on any atom is -0.462 e. The third kappa shape index (κ3) is 2.21. The number of hydrogen-bond donors (Lipinski definition) is 1. The molecular weight excluding hydrogens is 234 g/mol. The van der Waals surface area contributed by atoms with Gasteiger partial charge in [0, 0.05) is 16.3 Å². The standard InChI is InChI=1S/C9H10BrNO2/c1-2-13-9(12)8-4-7(10)3-6(8)5-11/h3-5H,2,11H2,1H3/b6-5+. The van der Waals surface area contributed by atoms with Crippen LogP contribution in [0, 0.1) is 0 Å². The Morgan fingerprint density at radius 1 is 1.69 bits per heavy atom. The van der Waals surface area contributed by atoms with Gasteiger partial charge in [-0.05, 0) is 19.1 Å². The summed E-state index contributed by atoms with van der Waals surface area (Å²) < 4.78 is 5.67. The van der Waals surface area contributed by atoms with Gasteiger partial charge in [-0.2, -0.15) is 0 Å². The zero-order valence-electron chi connectivity index (χ0n) is 7.21. The molecule has 0 atom stereocenters. The molecule has 0 unspecified atom stereocenters. The summed E-state index contributed by atoms with van der Waals surface area (Å²) in [6.07, 6.45) is 4.85. The van der Waals surface area contributed by atoms with Gasteiger partial charge in [-0.15, -0.1) is 0 Å². The lowest BCUT2D eigenvalue weighted by molar-refractivity contribution is -0.138. The minimum absolute atomic E-state index is 0.343. The van der Waals surface area contributed by atoms with Crippen LogP contribution < -0.4 is 5.73 Å². The maximum absolute atomic E-state index is 11.3. The van der Waals surface area contributed by atoms with E-state index in [9.17, 15) is 4.79 Å². The molecule has 0 fully saturated rings. The zero-order chi connectivity index (χ0) is 9.84.